The first-order valence-corrected chi connectivity index (χ1v) is 10.4. The van der Waals surface area contributed by atoms with E-state index >= 15 is 0 Å². The molecule has 6 nitrogen and oxygen atoms in total. The highest BCUT2D eigenvalue weighted by molar-refractivity contribution is 5.84. The van der Waals surface area contributed by atoms with Crippen molar-refractivity contribution in [2.75, 3.05) is 13.7 Å². The van der Waals surface area contributed by atoms with Crippen molar-refractivity contribution in [3.8, 4) is 0 Å². The number of hydrogen-bond acceptors (Lipinski definition) is 6. The fourth-order valence-electron chi connectivity index (χ4n) is 4.71. The number of hydroxylamine groups is 2. The van der Waals surface area contributed by atoms with Crippen molar-refractivity contribution in [2.45, 2.75) is 64.6 Å². The lowest BCUT2D eigenvalue weighted by Crippen LogP contribution is -2.57. The standard InChI is InChI=1S/C23H32N2O4/c1-22(2,3)29-25-13-11-18-14-19(24-15-17-8-6-5-7-9-17)10-12-23(18,20(25)16-26)21(27)28-4/h5-9,18-19,24H,10-15H2,1-4H3/t18-,19-,23+/m0/s1. The zero-order chi connectivity index (χ0) is 21.1. The molecule has 0 amide bonds. The molecule has 1 saturated carbocycles. The molecule has 0 aromatic heterocycles. The van der Waals surface area contributed by atoms with E-state index < -0.39 is 11.0 Å². The number of ether oxygens (including phenoxy) is 1. The highest BCUT2D eigenvalue weighted by Gasteiger charge is 2.58. The third kappa shape index (κ3) is 4.55. The molecule has 1 heterocycles. The third-order valence-corrected chi connectivity index (χ3v) is 5.97. The van der Waals surface area contributed by atoms with E-state index in [0.717, 1.165) is 25.8 Å². The Kier molecular flexibility index (Phi) is 6.47. The second-order valence-corrected chi connectivity index (χ2v) is 9.04. The van der Waals surface area contributed by atoms with Gasteiger partial charge in [-0.15, -0.1) is 0 Å². The van der Waals surface area contributed by atoms with Crippen LogP contribution < -0.4 is 5.32 Å². The lowest BCUT2D eigenvalue weighted by atomic mass is 9.60. The van der Waals surface area contributed by atoms with Gasteiger partial charge in [0.25, 0.3) is 0 Å². The van der Waals surface area contributed by atoms with Crippen LogP contribution in [0.4, 0.5) is 0 Å². The van der Waals surface area contributed by atoms with Crippen molar-refractivity contribution in [2.24, 2.45) is 11.3 Å². The summed E-state index contributed by atoms with van der Waals surface area (Å²) in [6.07, 6.45) is 2.91. The van der Waals surface area contributed by atoms with Gasteiger partial charge in [0, 0.05) is 19.1 Å². The number of rotatable bonds is 5. The lowest BCUT2D eigenvalue weighted by Gasteiger charge is -2.51. The lowest BCUT2D eigenvalue weighted by molar-refractivity contribution is -0.236. The highest BCUT2D eigenvalue weighted by atomic mass is 16.7. The molecule has 3 atom stereocenters. The van der Waals surface area contributed by atoms with Crippen LogP contribution in [0, 0.1) is 11.3 Å². The van der Waals surface area contributed by atoms with Gasteiger partial charge in [0.2, 0.25) is 0 Å². The maximum Gasteiger partial charge on any atom is 0.318 e. The Morgan fingerprint density at radius 1 is 1.28 bits per heavy atom. The first-order chi connectivity index (χ1) is 13.8. The first-order valence-electron chi connectivity index (χ1n) is 10.4. The van der Waals surface area contributed by atoms with Gasteiger partial charge in [-0.1, -0.05) is 30.3 Å². The van der Waals surface area contributed by atoms with Gasteiger partial charge in [0.1, 0.15) is 17.1 Å². The number of piperidine rings is 1. The van der Waals surface area contributed by atoms with Crippen LogP contribution in [0.3, 0.4) is 0 Å². The van der Waals surface area contributed by atoms with Crippen molar-refractivity contribution < 1.29 is 19.2 Å². The van der Waals surface area contributed by atoms with Gasteiger partial charge in [-0.25, -0.2) is 9.86 Å². The number of benzene rings is 1. The van der Waals surface area contributed by atoms with Gasteiger partial charge >= 0.3 is 5.97 Å². The van der Waals surface area contributed by atoms with Crippen molar-refractivity contribution >= 4 is 11.9 Å². The summed E-state index contributed by atoms with van der Waals surface area (Å²) in [6, 6.07) is 10.6. The van der Waals surface area contributed by atoms with Crippen LogP contribution in [0.1, 0.15) is 52.0 Å². The number of methoxy groups -OCH3 is 1. The van der Waals surface area contributed by atoms with Crippen molar-refractivity contribution in [1.82, 2.24) is 10.4 Å². The minimum Gasteiger partial charge on any atom is -0.468 e. The molecule has 0 bridgehead atoms. The number of esters is 1. The largest absolute Gasteiger partial charge is 0.468 e. The second kappa shape index (κ2) is 8.70. The van der Waals surface area contributed by atoms with Crippen LogP contribution >= 0.6 is 0 Å². The number of hydrogen-bond donors (Lipinski definition) is 1. The zero-order valence-electron chi connectivity index (χ0n) is 17.9. The van der Waals surface area contributed by atoms with E-state index in [0.29, 0.717) is 19.0 Å². The molecule has 1 saturated heterocycles. The second-order valence-electron chi connectivity index (χ2n) is 9.04. The van der Waals surface area contributed by atoms with Crippen molar-refractivity contribution in [3.05, 3.63) is 41.6 Å². The summed E-state index contributed by atoms with van der Waals surface area (Å²) in [5, 5.41) is 5.20. The molecule has 6 heteroatoms. The van der Waals surface area contributed by atoms with Gasteiger partial charge in [-0.3, -0.25) is 9.63 Å². The fourth-order valence-corrected chi connectivity index (χ4v) is 4.71. The van der Waals surface area contributed by atoms with E-state index in [1.165, 1.54) is 12.7 Å². The van der Waals surface area contributed by atoms with Crippen LogP contribution in [0.5, 0.6) is 0 Å². The molecule has 0 radical (unpaired) electrons. The van der Waals surface area contributed by atoms with Crippen molar-refractivity contribution in [3.63, 3.8) is 0 Å². The van der Waals surface area contributed by atoms with Crippen LogP contribution in [0.15, 0.2) is 36.0 Å². The number of nitrogens with one attached hydrogen (secondary N) is 1. The molecule has 0 unspecified atom stereocenters. The molecule has 2 aliphatic rings. The smallest absolute Gasteiger partial charge is 0.318 e. The summed E-state index contributed by atoms with van der Waals surface area (Å²) in [7, 11) is 1.39. The van der Waals surface area contributed by atoms with Gasteiger partial charge in [0.15, 0.2) is 0 Å². The topological polar surface area (TPSA) is 67.9 Å². The summed E-state index contributed by atoms with van der Waals surface area (Å²) in [5.41, 5.74) is 0.0715. The predicted molar refractivity (Wildman–Crippen MR) is 110 cm³/mol. The molecule has 1 aromatic rings. The average Bonchev–Trinajstić information content (AvgIpc) is 2.71. The summed E-state index contributed by atoms with van der Waals surface area (Å²) in [6.45, 7) is 7.14. The number of nitrogens with zero attached hydrogens (tertiary/aromatic N) is 1. The molecule has 2 fully saturated rings. The van der Waals surface area contributed by atoms with Crippen molar-refractivity contribution in [1.29, 1.82) is 0 Å². The van der Waals surface area contributed by atoms with Gasteiger partial charge < -0.3 is 10.1 Å². The SMILES string of the molecule is COC(=O)[C@]12CC[C@H](NCc3ccccc3)C[C@@H]1CCN(OC(C)(C)C)C2=C=O. The summed E-state index contributed by atoms with van der Waals surface area (Å²) < 4.78 is 5.18. The Morgan fingerprint density at radius 2 is 2.00 bits per heavy atom. The molecule has 29 heavy (non-hydrogen) atoms. The summed E-state index contributed by atoms with van der Waals surface area (Å²) in [5.74, 6) is 1.72. The Hall–Kier alpha value is -2.14. The van der Waals surface area contributed by atoms with Crippen LogP contribution in [-0.2, 0) is 25.7 Å². The Labute approximate surface area is 173 Å². The monoisotopic (exact) mass is 400 g/mol. The zero-order valence-corrected chi connectivity index (χ0v) is 17.9. The minimum atomic E-state index is -0.981. The molecule has 1 aliphatic carbocycles. The Morgan fingerprint density at radius 3 is 2.62 bits per heavy atom. The van der Waals surface area contributed by atoms with Gasteiger partial charge in [-0.2, -0.15) is 0 Å². The molecule has 158 valence electrons. The Balaban J connectivity index is 1.79. The van der Waals surface area contributed by atoms with E-state index in [-0.39, 0.29) is 17.6 Å². The quantitative estimate of drug-likeness (QED) is 0.604. The van der Waals surface area contributed by atoms with Crippen LogP contribution in [0.25, 0.3) is 0 Å². The van der Waals surface area contributed by atoms with E-state index in [2.05, 4.69) is 23.4 Å². The first kappa shape index (κ1) is 21.6. The van der Waals surface area contributed by atoms with E-state index in [9.17, 15) is 9.59 Å². The van der Waals surface area contributed by atoms with E-state index in [4.69, 9.17) is 9.57 Å². The molecule has 3 rings (SSSR count). The molecule has 0 spiro atoms. The Bertz CT molecular complexity index is 767. The summed E-state index contributed by atoms with van der Waals surface area (Å²) >= 11 is 0. The fraction of sp³-hybridized carbons (Fsp3) is 0.609. The normalized spacial score (nSPS) is 27.2. The number of carbonyl (C=O) groups excluding carboxylic acids is 2. The molecular weight excluding hydrogens is 368 g/mol. The highest BCUT2D eigenvalue weighted by Crippen LogP contribution is 2.52. The molecule has 1 aliphatic heterocycles. The number of fused-ring (bicyclic) bond motifs is 1. The maximum atomic E-state index is 13.0. The van der Waals surface area contributed by atoms with Crippen LogP contribution in [0.2, 0.25) is 0 Å². The van der Waals surface area contributed by atoms with E-state index in [1.807, 2.05) is 39.0 Å². The van der Waals surface area contributed by atoms with Crippen LogP contribution in [-0.4, -0.2) is 42.3 Å². The van der Waals surface area contributed by atoms with Gasteiger partial charge in [0.05, 0.1) is 12.7 Å². The van der Waals surface area contributed by atoms with Gasteiger partial charge in [-0.05, 0) is 57.9 Å². The molecule has 1 aromatic carbocycles. The maximum absolute atomic E-state index is 13.0. The predicted octanol–water partition coefficient (Wildman–Crippen LogP) is 3.26. The molecule has 1 N–H and O–H groups in total. The minimum absolute atomic E-state index is 0.0215. The summed E-state index contributed by atoms with van der Waals surface area (Å²) in [4.78, 5) is 31.0. The molecular formula is C23H32N2O4. The third-order valence-electron chi connectivity index (χ3n) is 5.97. The van der Waals surface area contributed by atoms with E-state index in [1.54, 1.807) is 5.06 Å². The number of carbonyl (C=O) groups is 1. The average molecular weight is 401 g/mol.